The number of anilines is 2. The number of carbonyl (C=O) groups is 3. The number of aromatic nitrogens is 2. The van der Waals surface area contributed by atoms with Gasteiger partial charge in [-0.05, 0) is 68.9 Å². The maximum atomic E-state index is 13.4. The lowest BCUT2D eigenvalue weighted by atomic mass is 9.95. The largest absolute Gasteiger partial charge is 0.444 e. The predicted octanol–water partition coefficient (Wildman–Crippen LogP) is 5.37. The highest BCUT2D eigenvalue weighted by atomic mass is 35.5. The number of rotatable bonds is 10. The van der Waals surface area contributed by atoms with Crippen LogP contribution in [0.3, 0.4) is 0 Å². The van der Waals surface area contributed by atoms with Gasteiger partial charge in [-0.25, -0.2) is 19.6 Å². The standard InChI is InChI=1S/C29H34Cl2N6O5/c1-17-7-5-6-8-20(17)13-19(14-34-26(38)22-24(32)36-25(33)23(30)35-22)16-37(28(40)42-29(2,3)4)15-18-9-11-21(12-10-18)41-27(31)39/h5-12,19H,13-16H2,1-4H3,(H,34,38)(H4,32,33,36)/t19-/m0/s1. The van der Waals surface area contributed by atoms with Crippen LogP contribution >= 0.6 is 23.2 Å². The normalized spacial score (nSPS) is 11.9. The fourth-order valence-electron chi connectivity index (χ4n) is 4.10. The number of nitrogens with one attached hydrogen (secondary N) is 1. The van der Waals surface area contributed by atoms with Crippen LogP contribution in [0.2, 0.25) is 5.15 Å². The molecule has 1 atom stereocenters. The number of nitrogens with two attached hydrogens (primary N) is 2. The minimum atomic E-state index is -0.951. The summed E-state index contributed by atoms with van der Waals surface area (Å²) in [5.74, 6) is -0.788. The van der Waals surface area contributed by atoms with Crippen molar-refractivity contribution in [3.05, 3.63) is 76.1 Å². The number of nitrogens with zero attached hydrogens (tertiary/aromatic N) is 3. The van der Waals surface area contributed by atoms with Gasteiger partial charge in [0.25, 0.3) is 5.91 Å². The molecule has 1 heterocycles. The van der Waals surface area contributed by atoms with Crippen LogP contribution in [0, 0.1) is 12.8 Å². The Bertz CT molecular complexity index is 1430. The summed E-state index contributed by atoms with van der Waals surface area (Å²) in [6.07, 6.45) is 0.0147. The fourth-order valence-corrected chi connectivity index (χ4v) is 4.31. The molecular weight excluding hydrogens is 583 g/mol. The number of benzene rings is 2. The monoisotopic (exact) mass is 616 g/mol. The Morgan fingerprint density at radius 1 is 1.02 bits per heavy atom. The van der Waals surface area contributed by atoms with Gasteiger partial charge in [0.05, 0.1) is 0 Å². The van der Waals surface area contributed by atoms with E-state index in [2.05, 4.69) is 15.3 Å². The molecule has 0 saturated heterocycles. The number of hydrogen-bond donors (Lipinski definition) is 3. The van der Waals surface area contributed by atoms with Crippen molar-refractivity contribution in [1.82, 2.24) is 20.2 Å². The van der Waals surface area contributed by atoms with Gasteiger partial charge in [0.1, 0.15) is 11.4 Å². The maximum Gasteiger partial charge on any atom is 0.410 e. The van der Waals surface area contributed by atoms with Gasteiger partial charge in [0.2, 0.25) is 0 Å². The average Bonchev–Trinajstić information content (AvgIpc) is 2.89. The number of ether oxygens (including phenoxy) is 2. The first-order valence-corrected chi connectivity index (χ1v) is 13.8. The summed E-state index contributed by atoms with van der Waals surface area (Å²) in [5, 5.41) is 2.72. The van der Waals surface area contributed by atoms with Crippen molar-refractivity contribution in [2.75, 3.05) is 24.6 Å². The van der Waals surface area contributed by atoms with Crippen LogP contribution in [0.1, 0.15) is 48.0 Å². The molecule has 5 N–H and O–H groups in total. The molecule has 1 aromatic heterocycles. The molecule has 11 nitrogen and oxygen atoms in total. The van der Waals surface area contributed by atoms with Gasteiger partial charge in [0.15, 0.2) is 22.5 Å². The maximum absolute atomic E-state index is 13.4. The smallest absolute Gasteiger partial charge is 0.410 e. The lowest BCUT2D eigenvalue weighted by Crippen LogP contribution is -2.42. The zero-order chi connectivity index (χ0) is 31.0. The molecule has 0 unspecified atom stereocenters. The Kier molecular flexibility index (Phi) is 11.0. The third kappa shape index (κ3) is 9.78. The molecule has 2 amide bonds. The van der Waals surface area contributed by atoms with Crippen LogP contribution in [0.5, 0.6) is 5.75 Å². The Hall–Kier alpha value is -4.09. The van der Waals surface area contributed by atoms with E-state index in [1.54, 1.807) is 49.9 Å². The summed E-state index contributed by atoms with van der Waals surface area (Å²) in [5.41, 5.74) is 12.6. The molecule has 13 heteroatoms. The van der Waals surface area contributed by atoms with E-state index in [1.807, 2.05) is 31.2 Å². The first-order chi connectivity index (χ1) is 19.7. The van der Waals surface area contributed by atoms with Crippen molar-refractivity contribution in [3.8, 4) is 5.75 Å². The Balaban J connectivity index is 1.87. The fraction of sp³-hybridized carbons (Fsp3) is 0.345. The Morgan fingerprint density at radius 3 is 2.31 bits per heavy atom. The molecule has 0 radical (unpaired) electrons. The van der Waals surface area contributed by atoms with Crippen LogP contribution in [0.25, 0.3) is 0 Å². The molecule has 0 aliphatic heterocycles. The molecule has 224 valence electrons. The number of nitrogen functional groups attached to an aromatic ring is 2. The van der Waals surface area contributed by atoms with Crippen LogP contribution in [0.15, 0.2) is 48.5 Å². The minimum absolute atomic E-state index is 0.0787. The summed E-state index contributed by atoms with van der Waals surface area (Å²) < 4.78 is 10.6. The molecule has 0 saturated carbocycles. The van der Waals surface area contributed by atoms with Gasteiger partial charge in [-0.2, -0.15) is 0 Å². The Labute approximate surface area is 254 Å². The molecule has 0 aliphatic rings. The number of carbonyl (C=O) groups excluding carboxylic acids is 3. The summed E-state index contributed by atoms with van der Waals surface area (Å²) in [6.45, 7) is 7.93. The van der Waals surface area contributed by atoms with Crippen molar-refractivity contribution in [2.45, 2.75) is 46.3 Å². The Morgan fingerprint density at radius 2 is 1.69 bits per heavy atom. The summed E-state index contributed by atoms with van der Waals surface area (Å²) >= 11 is 11.3. The molecular formula is C29H34Cl2N6O5. The third-order valence-corrected chi connectivity index (χ3v) is 6.42. The molecule has 0 spiro atoms. The molecule has 0 aliphatic carbocycles. The first kappa shape index (κ1) is 32.4. The van der Waals surface area contributed by atoms with Crippen molar-refractivity contribution < 1.29 is 23.9 Å². The highest BCUT2D eigenvalue weighted by Crippen LogP contribution is 2.21. The molecule has 42 heavy (non-hydrogen) atoms. The van der Waals surface area contributed by atoms with Gasteiger partial charge < -0.3 is 31.2 Å². The molecule has 2 aromatic carbocycles. The second-order valence-corrected chi connectivity index (χ2v) is 11.4. The van der Waals surface area contributed by atoms with E-state index in [0.717, 1.165) is 16.7 Å². The van der Waals surface area contributed by atoms with E-state index >= 15 is 0 Å². The van der Waals surface area contributed by atoms with Crippen molar-refractivity contribution in [2.24, 2.45) is 5.92 Å². The third-order valence-electron chi connectivity index (χ3n) is 6.07. The molecule has 0 bridgehead atoms. The van der Waals surface area contributed by atoms with Gasteiger partial charge >= 0.3 is 11.5 Å². The topological polar surface area (TPSA) is 163 Å². The van der Waals surface area contributed by atoms with Crippen molar-refractivity contribution in [1.29, 1.82) is 0 Å². The molecule has 3 rings (SSSR count). The number of aryl methyl sites for hydroxylation is 1. The quantitative estimate of drug-likeness (QED) is 0.254. The van der Waals surface area contributed by atoms with E-state index in [1.165, 1.54) is 0 Å². The lowest BCUT2D eigenvalue weighted by Gasteiger charge is -2.31. The van der Waals surface area contributed by atoms with Gasteiger partial charge in [-0.3, -0.25) is 4.79 Å². The van der Waals surface area contributed by atoms with E-state index in [4.69, 9.17) is 44.1 Å². The van der Waals surface area contributed by atoms with Gasteiger partial charge in [0, 0.05) is 31.2 Å². The van der Waals surface area contributed by atoms with Crippen LogP contribution in [0.4, 0.5) is 21.2 Å². The average molecular weight is 618 g/mol. The van der Waals surface area contributed by atoms with E-state index in [-0.39, 0.29) is 53.8 Å². The highest BCUT2D eigenvalue weighted by Gasteiger charge is 2.26. The van der Waals surface area contributed by atoms with E-state index in [0.29, 0.717) is 6.42 Å². The first-order valence-electron chi connectivity index (χ1n) is 13.1. The summed E-state index contributed by atoms with van der Waals surface area (Å²) in [4.78, 5) is 46.9. The molecule has 3 aromatic rings. The second kappa shape index (κ2) is 14.2. The number of halogens is 2. The second-order valence-electron chi connectivity index (χ2n) is 10.7. The lowest BCUT2D eigenvalue weighted by molar-refractivity contribution is 0.0202. The van der Waals surface area contributed by atoms with Crippen molar-refractivity contribution in [3.63, 3.8) is 0 Å². The number of amides is 2. The van der Waals surface area contributed by atoms with E-state index in [9.17, 15) is 14.4 Å². The van der Waals surface area contributed by atoms with Crippen LogP contribution in [-0.4, -0.2) is 51.0 Å². The predicted molar refractivity (Wildman–Crippen MR) is 162 cm³/mol. The SMILES string of the molecule is Cc1ccccc1C[C@@H](CNC(=O)c1nc(Cl)c(N)nc1N)CN(Cc1ccc(OC(=O)Cl)cc1)C(=O)OC(C)(C)C. The molecule has 0 fully saturated rings. The number of hydrogen-bond acceptors (Lipinski definition) is 9. The highest BCUT2D eigenvalue weighted by molar-refractivity contribution is 6.61. The van der Waals surface area contributed by atoms with Crippen LogP contribution < -0.4 is 21.5 Å². The summed E-state index contributed by atoms with van der Waals surface area (Å²) in [6, 6.07) is 14.5. The zero-order valence-corrected chi connectivity index (χ0v) is 25.3. The van der Waals surface area contributed by atoms with E-state index < -0.39 is 23.0 Å². The minimum Gasteiger partial charge on any atom is -0.444 e. The van der Waals surface area contributed by atoms with Crippen molar-refractivity contribution >= 4 is 52.3 Å². The van der Waals surface area contributed by atoms with Gasteiger partial charge in [-0.15, -0.1) is 0 Å². The van der Waals surface area contributed by atoms with Crippen LogP contribution in [-0.2, 0) is 17.7 Å². The zero-order valence-electron chi connectivity index (χ0n) is 23.8. The summed E-state index contributed by atoms with van der Waals surface area (Å²) in [7, 11) is 0. The van der Waals surface area contributed by atoms with Gasteiger partial charge in [-0.1, -0.05) is 48.0 Å².